The quantitative estimate of drug-likeness (QED) is 0.686. The largest absolute Gasteiger partial charge is 0.493 e. The first-order valence-corrected chi connectivity index (χ1v) is 7.89. The smallest absolute Gasteiger partial charge is 0.125 e. The Kier molecular flexibility index (Phi) is 5.09. The Labute approximate surface area is 123 Å². The molecule has 0 spiro atoms. The Balaban J connectivity index is 2.04. The van der Waals surface area contributed by atoms with Crippen LogP contribution in [0.2, 0.25) is 0 Å². The minimum atomic E-state index is 0.471. The average molecular weight is 276 g/mol. The minimum absolute atomic E-state index is 0.471. The summed E-state index contributed by atoms with van der Waals surface area (Å²) in [6.07, 6.45) is 4.27. The molecular formula is C18H28O2. The number of hydrogen-bond donors (Lipinski definition) is 0. The van der Waals surface area contributed by atoms with Crippen LogP contribution in [0.3, 0.4) is 0 Å². The second-order valence-electron chi connectivity index (χ2n) is 6.43. The van der Waals surface area contributed by atoms with Crippen molar-refractivity contribution in [3.05, 3.63) is 28.8 Å². The maximum Gasteiger partial charge on any atom is 0.125 e. The van der Waals surface area contributed by atoms with E-state index in [-0.39, 0.29) is 0 Å². The van der Waals surface area contributed by atoms with E-state index in [4.69, 9.17) is 9.47 Å². The summed E-state index contributed by atoms with van der Waals surface area (Å²) in [4.78, 5) is 0. The van der Waals surface area contributed by atoms with Crippen LogP contribution < -0.4 is 4.74 Å². The summed E-state index contributed by atoms with van der Waals surface area (Å²) >= 11 is 0. The van der Waals surface area contributed by atoms with Crippen LogP contribution in [0, 0.1) is 19.8 Å². The van der Waals surface area contributed by atoms with Gasteiger partial charge in [-0.3, -0.25) is 0 Å². The van der Waals surface area contributed by atoms with Gasteiger partial charge in [-0.1, -0.05) is 38.5 Å². The molecule has 20 heavy (non-hydrogen) atoms. The van der Waals surface area contributed by atoms with Crippen LogP contribution in [0.4, 0.5) is 0 Å². The van der Waals surface area contributed by atoms with E-state index in [0.717, 1.165) is 31.6 Å². The summed E-state index contributed by atoms with van der Waals surface area (Å²) in [5.74, 6) is 1.65. The van der Waals surface area contributed by atoms with Gasteiger partial charge in [-0.15, -0.1) is 0 Å². The van der Waals surface area contributed by atoms with Crippen LogP contribution in [0.15, 0.2) is 12.1 Å². The van der Waals surface area contributed by atoms with Crippen LogP contribution in [0.25, 0.3) is 0 Å². The number of ether oxygens (including phenoxy) is 2. The third-order valence-corrected chi connectivity index (χ3v) is 3.85. The summed E-state index contributed by atoms with van der Waals surface area (Å²) in [5, 5.41) is 0. The molecular weight excluding hydrogens is 248 g/mol. The maximum atomic E-state index is 6.05. The molecule has 1 aromatic rings. The van der Waals surface area contributed by atoms with E-state index in [9.17, 15) is 0 Å². The van der Waals surface area contributed by atoms with Crippen LogP contribution in [-0.4, -0.2) is 18.8 Å². The predicted octanol–water partition coefficient (Wildman–Crippen LogP) is 4.45. The highest BCUT2D eigenvalue weighted by atomic mass is 16.6. The van der Waals surface area contributed by atoms with E-state index >= 15 is 0 Å². The lowest BCUT2D eigenvalue weighted by atomic mass is 10.00. The van der Waals surface area contributed by atoms with E-state index in [2.05, 4.69) is 46.8 Å². The molecule has 0 aliphatic carbocycles. The molecule has 2 rings (SSSR count). The zero-order valence-electron chi connectivity index (χ0n) is 13.5. The molecule has 0 amide bonds. The van der Waals surface area contributed by atoms with Crippen molar-refractivity contribution in [2.75, 3.05) is 6.61 Å². The first-order chi connectivity index (χ1) is 9.51. The fourth-order valence-electron chi connectivity index (χ4n) is 2.77. The monoisotopic (exact) mass is 276 g/mol. The fourth-order valence-corrected chi connectivity index (χ4v) is 2.77. The molecule has 0 bridgehead atoms. The van der Waals surface area contributed by atoms with Gasteiger partial charge in [0.1, 0.15) is 5.75 Å². The van der Waals surface area contributed by atoms with Crippen LogP contribution in [0.1, 0.15) is 50.3 Å². The first kappa shape index (κ1) is 15.4. The first-order valence-electron chi connectivity index (χ1n) is 7.89. The molecule has 0 aromatic heterocycles. The van der Waals surface area contributed by atoms with E-state index in [0.29, 0.717) is 18.1 Å². The highest BCUT2D eigenvalue weighted by molar-refractivity contribution is 5.44. The average Bonchev–Trinajstić information content (AvgIpc) is 3.13. The number of hydrogen-bond acceptors (Lipinski definition) is 2. The number of rotatable bonds is 7. The van der Waals surface area contributed by atoms with E-state index in [1.165, 1.54) is 16.7 Å². The topological polar surface area (TPSA) is 21.8 Å². The van der Waals surface area contributed by atoms with Crippen molar-refractivity contribution in [2.45, 2.75) is 66.1 Å². The molecule has 1 aliphatic heterocycles. The van der Waals surface area contributed by atoms with Gasteiger partial charge < -0.3 is 9.47 Å². The third kappa shape index (κ3) is 3.99. The van der Waals surface area contributed by atoms with E-state index in [1.807, 2.05) is 0 Å². The Morgan fingerprint density at radius 1 is 1.20 bits per heavy atom. The van der Waals surface area contributed by atoms with Crippen molar-refractivity contribution in [1.82, 2.24) is 0 Å². The molecule has 0 N–H and O–H groups in total. The standard InChI is InChI=1S/C18H28O2/c1-6-16-17(20-16)8-7-15-10-13(4)9-14(5)18(15)19-11-12(2)3/h9-10,12,16-17H,6-8,11H2,1-5H3. The number of benzene rings is 1. The summed E-state index contributed by atoms with van der Waals surface area (Å²) in [6.45, 7) is 11.7. The SMILES string of the molecule is CCC1OC1CCc1cc(C)cc(C)c1OCC(C)C. The van der Waals surface area contributed by atoms with Crippen molar-refractivity contribution < 1.29 is 9.47 Å². The van der Waals surface area contributed by atoms with Crippen LogP contribution in [0.5, 0.6) is 5.75 Å². The summed E-state index contributed by atoms with van der Waals surface area (Å²) < 4.78 is 11.7. The zero-order valence-corrected chi connectivity index (χ0v) is 13.5. The van der Waals surface area contributed by atoms with Crippen molar-refractivity contribution in [3.63, 3.8) is 0 Å². The summed E-state index contributed by atoms with van der Waals surface area (Å²) in [5.41, 5.74) is 3.91. The predicted molar refractivity (Wildman–Crippen MR) is 83.5 cm³/mol. The number of aryl methyl sites for hydroxylation is 3. The van der Waals surface area contributed by atoms with Gasteiger partial charge in [0.2, 0.25) is 0 Å². The molecule has 0 radical (unpaired) electrons. The zero-order chi connectivity index (χ0) is 14.7. The van der Waals surface area contributed by atoms with Crippen LogP contribution >= 0.6 is 0 Å². The highest BCUT2D eigenvalue weighted by Crippen LogP contribution is 2.32. The summed E-state index contributed by atoms with van der Waals surface area (Å²) in [7, 11) is 0. The van der Waals surface area contributed by atoms with Gasteiger partial charge in [-0.05, 0) is 50.2 Å². The Hall–Kier alpha value is -1.02. The van der Waals surface area contributed by atoms with Gasteiger partial charge in [0, 0.05) is 0 Å². The Bertz CT molecular complexity index is 451. The highest BCUT2D eigenvalue weighted by Gasteiger charge is 2.36. The van der Waals surface area contributed by atoms with Crippen LogP contribution in [-0.2, 0) is 11.2 Å². The minimum Gasteiger partial charge on any atom is -0.493 e. The van der Waals surface area contributed by atoms with Gasteiger partial charge in [0.15, 0.2) is 0 Å². The molecule has 1 aliphatic rings. The van der Waals surface area contributed by atoms with Crippen molar-refractivity contribution in [3.8, 4) is 5.75 Å². The van der Waals surface area contributed by atoms with Gasteiger partial charge >= 0.3 is 0 Å². The van der Waals surface area contributed by atoms with Crippen molar-refractivity contribution in [1.29, 1.82) is 0 Å². The lowest BCUT2D eigenvalue weighted by molar-refractivity contribution is 0.266. The molecule has 2 nitrogen and oxygen atoms in total. The second-order valence-corrected chi connectivity index (χ2v) is 6.43. The fraction of sp³-hybridized carbons (Fsp3) is 0.667. The molecule has 1 aromatic carbocycles. The van der Waals surface area contributed by atoms with Gasteiger partial charge in [-0.2, -0.15) is 0 Å². The Morgan fingerprint density at radius 2 is 1.95 bits per heavy atom. The maximum absolute atomic E-state index is 6.05. The lowest BCUT2D eigenvalue weighted by Gasteiger charge is -2.16. The molecule has 1 saturated heterocycles. The van der Waals surface area contributed by atoms with Gasteiger partial charge in [0.05, 0.1) is 18.8 Å². The van der Waals surface area contributed by atoms with Crippen molar-refractivity contribution >= 4 is 0 Å². The molecule has 2 atom stereocenters. The molecule has 112 valence electrons. The summed E-state index contributed by atoms with van der Waals surface area (Å²) in [6, 6.07) is 4.48. The molecule has 1 fully saturated rings. The van der Waals surface area contributed by atoms with Gasteiger partial charge in [0.25, 0.3) is 0 Å². The van der Waals surface area contributed by atoms with E-state index < -0.39 is 0 Å². The number of epoxide rings is 1. The molecule has 2 unspecified atom stereocenters. The Morgan fingerprint density at radius 3 is 2.55 bits per heavy atom. The van der Waals surface area contributed by atoms with Gasteiger partial charge in [-0.25, -0.2) is 0 Å². The van der Waals surface area contributed by atoms with Crippen molar-refractivity contribution in [2.24, 2.45) is 5.92 Å². The third-order valence-electron chi connectivity index (χ3n) is 3.85. The molecule has 2 heteroatoms. The molecule has 0 saturated carbocycles. The lowest BCUT2D eigenvalue weighted by Crippen LogP contribution is -2.08. The normalized spacial score (nSPS) is 21.3. The second kappa shape index (κ2) is 6.62. The molecule has 1 heterocycles. The van der Waals surface area contributed by atoms with E-state index in [1.54, 1.807) is 0 Å².